The number of nitrogens with zero attached hydrogens (tertiary/aromatic N) is 2. The van der Waals surface area contributed by atoms with E-state index in [0.717, 1.165) is 13.1 Å². The zero-order valence-corrected chi connectivity index (χ0v) is 12.2. The second-order valence-corrected chi connectivity index (χ2v) is 6.38. The third-order valence-corrected chi connectivity index (χ3v) is 4.18. The average Bonchev–Trinajstić information content (AvgIpc) is 2.74. The van der Waals surface area contributed by atoms with E-state index in [-0.39, 0.29) is 5.91 Å². The van der Waals surface area contributed by atoms with Crippen molar-refractivity contribution in [1.29, 1.82) is 5.26 Å². The van der Waals surface area contributed by atoms with Gasteiger partial charge < -0.3 is 5.32 Å². The van der Waals surface area contributed by atoms with E-state index in [4.69, 9.17) is 5.26 Å². The van der Waals surface area contributed by atoms with Crippen LogP contribution >= 0.6 is 11.3 Å². The van der Waals surface area contributed by atoms with Crippen LogP contribution < -0.4 is 5.32 Å². The van der Waals surface area contributed by atoms with Gasteiger partial charge >= 0.3 is 0 Å². The van der Waals surface area contributed by atoms with E-state index in [0.29, 0.717) is 28.9 Å². The summed E-state index contributed by atoms with van der Waals surface area (Å²) in [6.45, 7) is 6.83. The Hall–Kier alpha value is -1.38. The molecule has 1 saturated heterocycles. The molecule has 1 aromatic heterocycles. The molecule has 1 N–H and O–H groups in total. The van der Waals surface area contributed by atoms with E-state index in [1.807, 2.05) is 5.38 Å². The van der Waals surface area contributed by atoms with E-state index in [2.05, 4.69) is 30.1 Å². The summed E-state index contributed by atoms with van der Waals surface area (Å²) in [6.07, 6.45) is 1.24. The SMILES string of the molecule is C[C@@H]1C[C@H](C)CN(CC(=O)Nc2sccc2C#N)C1. The summed E-state index contributed by atoms with van der Waals surface area (Å²) in [7, 11) is 0. The Morgan fingerprint density at radius 1 is 1.53 bits per heavy atom. The molecule has 2 heterocycles. The van der Waals surface area contributed by atoms with Gasteiger partial charge in [0.1, 0.15) is 11.1 Å². The van der Waals surface area contributed by atoms with Gasteiger partial charge in [-0.15, -0.1) is 11.3 Å². The van der Waals surface area contributed by atoms with Gasteiger partial charge in [-0.05, 0) is 29.7 Å². The standard InChI is InChI=1S/C14H19N3OS/c1-10-5-11(2)8-17(7-10)9-13(18)16-14-12(6-15)3-4-19-14/h3-4,10-11H,5,7-9H2,1-2H3,(H,16,18)/t10-,11+. The Morgan fingerprint density at radius 3 is 2.84 bits per heavy atom. The van der Waals surface area contributed by atoms with Crippen LogP contribution in [-0.2, 0) is 4.79 Å². The van der Waals surface area contributed by atoms with Crippen molar-refractivity contribution in [2.45, 2.75) is 20.3 Å². The molecule has 5 heteroatoms. The molecule has 0 bridgehead atoms. The van der Waals surface area contributed by atoms with Gasteiger partial charge in [-0.1, -0.05) is 13.8 Å². The van der Waals surface area contributed by atoms with Gasteiger partial charge in [-0.2, -0.15) is 5.26 Å². The molecule has 4 nitrogen and oxygen atoms in total. The Kier molecular flexibility index (Phi) is 4.56. The lowest BCUT2D eigenvalue weighted by molar-refractivity contribution is -0.117. The summed E-state index contributed by atoms with van der Waals surface area (Å²) in [5.74, 6) is 1.26. The zero-order chi connectivity index (χ0) is 13.8. The van der Waals surface area contributed by atoms with Crippen molar-refractivity contribution in [3.63, 3.8) is 0 Å². The number of nitrogens with one attached hydrogen (secondary N) is 1. The minimum atomic E-state index is -0.0275. The van der Waals surface area contributed by atoms with Crippen LogP contribution in [0.2, 0.25) is 0 Å². The number of carbonyl (C=O) groups excluding carboxylic acids is 1. The first-order valence-electron chi connectivity index (χ1n) is 6.58. The minimum Gasteiger partial charge on any atom is -0.315 e. The van der Waals surface area contributed by atoms with Crippen LogP contribution in [0.1, 0.15) is 25.8 Å². The molecular formula is C14H19N3OS. The summed E-state index contributed by atoms with van der Waals surface area (Å²) >= 11 is 1.39. The largest absolute Gasteiger partial charge is 0.315 e. The monoisotopic (exact) mass is 277 g/mol. The predicted molar refractivity (Wildman–Crippen MR) is 77.0 cm³/mol. The third-order valence-electron chi connectivity index (χ3n) is 3.35. The van der Waals surface area contributed by atoms with Crippen LogP contribution in [0.25, 0.3) is 0 Å². The molecule has 19 heavy (non-hydrogen) atoms. The maximum atomic E-state index is 12.0. The number of hydrogen-bond donors (Lipinski definition) is 1. The Balaban J connectivity index is 1.89. The predicted octanol–water partition coefficient (Wildman–Crippen LogP) is 2.54. The first kappa shape index (κ1) is 14.0. The van der Waals surface area contributed by atoms with Gasteiger partial charge in [0.25, 0.3) is 0 Å². The molecule has 0 spiro atoms. The van der Waals surface area contributed by atoms with Crippen LogP contribution in [0.4, 0.5) is 5.00 Å². The number of amides is 1. The number of thiophene rings is 1. The molecule has 1 fully saturated rings. The van der Waals surface area contributed by atoms with E-state index in [1.165, 1.54) is 17.8 Å². The lowest BCUT2D eigenvalue weighted by Crippen LogP contribution is -2.42. The van der Waals surface area contributed by atoms with Crippen molar-refractivity contribution in [3.05, 3.63) is 17.0 Å². The number of hydrogen-bond acceptors (Lipinski definition) is 4. The first-order chi connectivity index (χ1) is 9.08. The third kappa shape index (κ3) is 3.79. The summed E-state index contributed by atoms with van der Waals surface area (Å²) in [4.78, 5) is 14.2. The van der Waals surface area contributed by atoms with Gasteiger partial charge in [0, 0.05) is 13.1 Å². The fourth-order valence-corrected chi connectivity index (χ4v) is 3.54. The fraction of sp³-hybridized carbons (Fsp3) is 0.571. The van der Waals surface area contributed by atoms with Gasteiger partial charge in [0.05, 0.1) is 12.1 Å². The van der Waals surface area contributed by atoms with E-state index in [1.54, 1.807) is 6.07 Å². The number of anilines is 1. The van der Waals surface area contributed by atoms with E-state index in [9.17, 15) is 4.79 Å². The van der Waals surface area contributed by atoms with Gasteiger partial charge in [0.2, 0.25) is 5.91 Å². The Labute approximate surface area is 118 Å². The normalized spacial score (nSPS) is 23.8. The molecule has 102 valence electrons. The van der Waals surface area contributed by atoms with Gasteiger partial charge in [0.15, 0.2) is 0 Å². The smallest absolute Gasteiger partial charge is 0.239 e. The first-order valence-corrected chi connectivity index (χ1v) is 7.46. The molecule has 0 saturated carbocycles. The van der Waals surface area contributed by atoms with Crippen molar-refractivity contribution in [2.75, 3.05) is 25.0 Å². The van der Waals surface area contributed by atoms with Crippen molar-refractivity contribution < 1.29 is 4.79 Å². The van der Waals surface area contributed by atoms with Crippen molar-refractivity contribution in [2.24, 2.45) is 11.8 Å². The highest BCUT2D eigenvalue weighted by Crippen LogP contribution is 2.23. The van der Waals surface area contributed by atoms with Crippen molar-refractivity contribution >= 4 is 22.2 Å². The van der Waals surface area contributed by atoms with E-state index >= 15 is 0 Å². The van der Waals surface area contributed by atoms with Crippen molar-refractivity contribution in [3.8, 4) is 6.07 Å². The molecular weight excluding hydrogens is 258 g/mol. The lowest BCUT2D eigenvalue weighted by Gasteiger charge is -2.34. The van der Waals surface area contributed by atoms with E-state index < -0.39 is 0 Å². The molecule has 1 aromatic rings. The second kappa shape index (κ2) is 6.18. The molecule has 0 aromatic carbocycles. The average molecular weight is 277 g/mol. The molecule has 0 aliphatic carbocycles. The lowest BCUT2D eigenvalue weighted by atomic mass is 9.92. The summed E-state index contributed by atoms with van der Waals surface area (Å²) < 4.78 is 0. The Morgan fingerprint density at radius 2 is 2.21 bits per heavy atom. The number of rotatable bonds is 3. The maximum Gasteiger partial charge on any atom is 0.239 e. The van der Waals surface area contributed by atoms with Crippen LogP contribution in [-0.4, -0.2) is 30.4 Å². The number of nitriles is 1. The molecule has 0 radical (unpaired) electrons. The zero-order valence-electron chi connectivity index (χ0n) is 11.3. The summed E-state index contributed by atoms with van der Waals surface area (Å²) in [5.41, 5.74) is 0.540. The minimum absolute atomic E-state index is 0.0275. The highest BCUT2D eigenvalue weighted by Gasteiger charge is 2.23. The molecule has 1 aliphatic heterocycles. The molecule has 1 aliphatic rings. The molecule has 1 amide bonds. The molecule has 2 atom stereocenters. The van der Waals surface area contributed by atoms with Crippen LogP contribution in [0.3, 0.4) is 0 Å². The fourth-order valence-electron chi connectivity index (χ4n) is 2.78. The summed E-state index contributed by atoms with van der Waals surface area (Å²) in [6, 6.07) is 3.81. The quantitative estimate of drug-likeness (QED) is 0.923. The Bertz CT molecular complexity index is 481. The summed E-state index contributed by atoms with van der Waals surface area (Å²) in [5, 5.41) is 14.2. The van der Waals surface area contributed by atoms with Crippen molar-refractivity contribution in [1.82, 2.24) is 4.90 Å². The maximum absolute atomic E-state index is 12.0. The highest BCUT2D eigenvalue weighted by molar-refractivity contribution is 7.14. The topological polar surface area (TPSA) is 56.1 Å². The van der Waals surface area contributed by atoms with Crippen LogP contribution in [0.15, 0.2) is 11.4 Å². The van der Waals surface area contributed by atoms with Gasteiger partial charge in [-0.3, -0.25) is 9.69 Å². The molecule has 2 rings (SSSR count). The van der Waals surface area contributed by atoms with Crippen LogP contribution in [0.5, 0.6) is 0 Å². The molecule has 0 unspecified atom stereocenters. The second-order valence-electron chi connectivity index (χ2n) is 5.46. The number of piperidine rings is 1. The van der Waals surface area contributed by atoms with Crippen LogP contribution in [0, 0.1) is 23.2 Å². The van der Waals surface area contributed by atoms with Gasteiger partial charge in [-0.25, -0.2) is 0 Å². The number of carbonyl (C=O) groups is 1. The number of likely N-dealkylation sites (tertiary alicyclic amines) is 1. The highest BCUT2D eigenvalue weighted by atomic mass is 32.1.